The smallest absolute Gasteiger partial charge is 0.328 e. The van der Waals surface area contributed by atoms with Gasteiger partial charge in [-0.2, -0.15) is 4.31 Å². The summed E-state index contributed by atoms with van der Waals surface area (Å²) < 4.78 is 34.1. The molecule has 0 radical (unpaired) electrons. The molecule has 2 N–H and O–H groups in total. The van der Waals surface area contributed by atoms with Gasteiger partial charge in [-0.25, -0.2) is 13.2 Å². The summed E-state index contributed by atoms with van der Waals surface area (Å²) in [6.45, 7) is 2.01. The number of benzene rings is 3. The molecule has 0 unspecified atom stereocenters. The van der Waals surface area contributed by atoms with Crippen molar-refractivity contribution in [2.75, 3.05) is 7.11 Å². The van der Waals surface area contributed by atoms with E-state index in [1.165, 1.54) is 23.6 Å². The van der Waals surface area contributed by atoms with E-state index >= 15 is 0 Å². The zero-order valence-electron chi connectivity index (χ0n) is 20.5. The van der Waals surface area contributed by atoms with E-state index in [4.69, 9.17) is 19.7 Å². The Kier molecular flexibility index (Phi) is 11.3. The summed E-state index contributed by atoms with van der Waals surface area (Å²) in [5.74, 6) is -0.747. The second-order valence-electron chi connectivity index (χ2n) is 7.68. The molecule has 0 aliphatic carbocycles. The maximum absolute atomic E-state index is 13.7. The largest absolute Gasteiger partial charge is 0.495 e. The Balaban J connectivity index is 0.00000153. The van der Waals surface area contributed by atoms with Crippen LogP contribution >= 0.6 is 0 Å². The van der Waals surface area contributed by atoms with Crippen LogP contribution in [0.5, 0.6) is 5.75 Å². The number of allylic oxidation sites excluding steroid dienone is 1. The first kappa shape index (κ1) is 29.0. The van der Waals surface area contributed by atoms with Crippen molar-refractivity contribution in [2.24, 2.45) is 0 Å². The first-order valence-corrected chi connectivity index (χ1v) is 12.6. The summed E-state index contributed by atoms with van der Waals surface area (Å²) in [4.78, 5) is 19.2. The average molecular weight is 524 g/mol. The monoisotopic (exact) mass is 523 g/mol. The minimum absolute atomic E-state index is 0.101. The molecule has 0 fully saturated rings. The predicted octanol–water partition coefficient (Wildman–Crippen LogP) is 4.92. The number of hydrogen-bond acceptors (Lipinski definition) is 5. The molecule has 3 rings (SSSR count). The van der Waals surface area contributed by atoms with Gasteiger partial charge in [0.15, 0.2) is 0 Å². The predicted molar refractivity (Wildman–Crippen MR) is 142 cm³/mol. The highest BCUT2D eigenvalue weighted by Gasteiger charge is 2.28. The Bertz CT molecular complexity index is 1330. The van der Waals surface area contributed by atoms with Gasteiger partial charge in [0.1, 0.15) is 10.6 Å². The molecule has 3 aromatic rings. The molecule has 9 heteroatoms. The van der Waals surface area contributed by atoms with E-state index in [0.717, 1.165) is 22.8 Å². The molecule has 0 aromatic heterocycles. The summed E-state index contributed by atoms with van der Waals surface area (Å²) in [5.41, 5.74) is 3.38. The number of para-hydroxylation sites is 1. The van der Waals surface area contributed by atoms with Crippen LogP contribution in [-0.2, 0) is 32.7 Å². The topological polar surface area (TPSA) is 121 Å². The lowest BCUT2D eigenvalue weighted by atomic mass is 10.1. The average Bonchev–Trinajstić information content (AvgIpc) is 2.89. The Morgan fingerprint density at radius 2 is 1.38 bits per heavy atom. The van der Waals surface area contributed by atoms with Crippen molar-refractivity contribution in [1.82, 2.24) is 4.31 Å². The molecule has 8 nitrogen and oxygen atoms in total. The van der Waals surface area contributed by atoms with Crippen LogP contribution in [0.1, 0.15) is 29.2 Å². The number of hydrogen-bond donors (Lipinski definition) is 2. The van der Waals surface area contributed by atoms with Crippen LogP contribution in [-0.4, -0.2) is 42.5 Å². The van der Waals surface area contributed by atoms with Gasteiger partial charge in [0.25, 0.3) is 6.47 Å². The number of carbonyl (C=O) groups is 2. The van der Waals surface area contributed by atoms with E-state index in [1.54, 1.807) is 42.5 Å². The second kappa shape index (κ2) is 14.4. The molecule has 0 aliphatic rings. The lowest BCUT2D eigenvalue weighted by molar-refractivity contribution is -0.131. The van der Waals surface area contributed by atoms with Crippen LogP contribution in [0.25, 0.3) is 12.2 Å². The summed E-state index contributed by atoms with van der Waals surface area (Å²) in [5, 5.41) is 15.7. The summed E-state index contributed by atoms with van der Waals surface area (Å²) in [7, 11) is -2.44. The lowest BCUT2D eigenvalue weighted by Gasteiger charge is -2.24. The number of rotatable bonds is 10. The molecule has 3 aromatic carbocycles. The van der Waals surface area contributed by atoms with E-state index in [0.29, 0.717) is 5.56 Å². The number of aliphatic carboxylic acids is 1. The Hall–Kier alpha value is -4.21. The SMILES string of the molecule is C/C=C/c1ccc(CN(Cc2ccc(/C=C/C(=O)O)cc2)S(=O)(=O)c2ccccc2OC)cc1.O=CO. The van der Waals surface area contributed by atoms with Gasteiger partial charge in [-0.15, -0.1) is 0 Å². The van der Waals surface area contributed by atoms with E-state index in [9.17, 15) is 13.2 Å². The van der Waals surface area contributed by atoms with Gasteiger partial charge in [0.2, 0.25) is 10.0 Å². The molecule has 0 bridgehead atoms. The van der Waals surface area contributed by atoms with E-state index in [2.05, 4.69) is 0 Å². The third-order valence-corrected chi connectivity index (χ3v) is 6.97. The van der Waals surface area contributed by atoms with E-state index in [-0.39, 0.29) is 30.2 Å². The van der Waals surface area contributed by atoms with Gasteiger partial charge in [-0.05, 0) is 47.4 Å². The number of methoxy groups -OCH3 is 1. The van der Waals surface area contributed by atoms with Gasteiger partial charge in [-0.1, -0.05) is 72.8 Å². The van der Waals surface area contributed by atoms with Gasteiger partial charge < -0.3 is 14.9 Å². The Labute approximate surface area is 216 Å². The van der Waals surface area contributed by atoms with Gasteiger partial charge >= 0.3 is 5.97 Å². The molecule has 0 atom stereocenters. The molecular weight excluding hydrogens is 494 g/mol. The minimum Gasteiger partial charge on any atom is -0.495 e. The molecule has 0 amide bonds. The van der Waals surface area contributed by atoms with E-state index in [1.807, 2.05) is 43.3 Å². The molecular formula is C28H29NO7S. The summed E-state index contributed by atoms with van der Waals surface area (Å²) >= 11 is 0. The molecule has 0 heterocycles. The molecule has 0 spiro atoms. The van der Waals surface area contributed by atoms with Crippen molar-refractivity contribution in [1.29, 1.82) is 0 Å². The number of carboxylic acids is 1. The fourth-order valence-corrected chi connectivity index (χ4v) is 5.00. The lowest BCUT2D eigenvalue weighted by Crippen LogP contribution is -2.30. The van der Waals surface area contributed by atoms with E-state index < -0.39 is 16.0 Å². The van der Waals surface area contributed by atoms with Gasteiger partial charge in [-0.3, -0.25) is 4.79 Å². The van der Waals surface area contributed by atoms with Crippen molar-refractivity contribution in [2.45, 2.75) is 24.9 Å². The van der Waals surface area contributed by atoms with Crippen LogP contribution in [0.3, 0.4) is 0 Å². The highest BCUT2D eigenvalue weighted by molar-refractivity contribution is 7.89. The standard InChI is InChI=1S/C27H27NO5S.CH2O2/c1-3-6-21-9-13-23(14-10-21)19-28(34(31,32)26-8-5-4-7-25(26)33-2)20-24-15-11-22(12-16-24)17-18-27(29)30;2-1-3/h3-18H,19-20H2,1-2H3,(H,29,30);1H,(H,2,3)/b6-3+,18-17+;. The Morgan fingerprint density at radius 3 is 1.84 bits per heavy atom. The highest BCUT2D eigenvalue weighted by atomic mass is 32.2. The maximum Gasteiger partial charge on any atom is 0.328 e. The van der Waals surface area contributed by atoms with Gasteiger partial charge in [0, 0.05) is 19.2 Å². The zero-order chi connectivity index (χ0) is 27.3. The second-order valence-corrected chi connectivity index (χ2v) is 9.59. The summed E-state index contributed by atoms with van der Waals surface area (Å²) in [6.07, 6.45) is 6.48. The number of ether oxygens (including phenoxy) is 1. The van der Waals surface area contributed by atoms with Crippen molar-refractivity contribution < 1.29 is 33.0 Å². The summed E-state index contributed by atoms with van der Waals surface area (Å²) in [6, 6.07) is 21.4. The quantitative estimate of drug-likeness (QED) is 0.286. The molecule has 0 saturated heterocycles. The third kappa shape index (κ3) is 8.75. The van der Waals surface area contributed by atoms with Crippen LogP contribution in [0.4, 0.5) is 0 Å². The fraction of sp³-hybridized carbons (Fsp3) is 0.143. The minimum atomic E-state index is -3.89. The molecule has 0 saturated carbocycles. The fourth-order valence-electron chi connectivity index (χ4n) is 3.43. The highest BCUT2D eigenvalue weighted by Crippen LogP contribution is 2.28. The van der Waals surface area contributed by atoms with Crippen molar-refractivity contribution in [3.05, 3.63) is 107 Å². The number of carboxylic acid groups (broad SMARTS) is 2. The van der Waals surface area contributed by atoms with Crippen molar-refractivity contribution >= 4 is 34.6 Å². The van der Waals surface area contributed by atoms with Crippen LogP contribution < -0.4 is 4.74 Å². The number of nitrogens with zero attached hydrogens (tertiary/aromatic N) is 1. The van der Waals surface area contributed by atoms with Crippen molar-refractivity contribution in [3.63, 3.8) is 0 Å². The van der Waals surface area contributed by atoms with Crippen LogP contribution in [0.15, 0.2) is 89.8 Å². The third-order valence-electron chi connectivity index (χ3n) is 5.14. The van der Waals surface area contributed by atoms with Crippen LogP contribution in [0, 0.1) is 0 Å². The first-order chi connectivity index (χ1) is 17.7. The van der Waals surface area contributed by atoms with Crippen LogP contribution in [0.2, 0.25) is 0 Å². The molecule has 37 heavy (non-hydrogen) atoms. The Morgan fingerprint density at radius 1 is 0.892 bits per heavy atom. The van der Waals surface area contributed by atoms with Crippen molar-refractivity contribution in [3.8, 4) is 5.75 Å². The molecule has 0 aliphatic heterocycles. The zero-order valence-corrected chi connectivity index (χ0v) is 21.3. The maximum atomic E-state index is 13.7. The molecule has 194 valence electrons. The normalized spacial score (nSPS) is 11.3. The van der Waals surface area contributed by atoms with Gasteiger partial charge in [0.05, 0.1) is 7.11 Å². The number of sulfonamides is 1. The first-order valence-electron chi connectivity index (χ1n) is 11.2.